The maximum atomic E-state index is 8.69. The molecule has 1 atom stereocenters. The monoisotopic (exact) mass is 291 g/mol. The first-order valence-corrected chi connectivity index (χ1v) is 7.44. The fraction of sp³-hybridized carbons (Fsp3) is 0.562. The summed E-state index contributed by atoms with van der Waals surface area (Å²) >= 11 is 0. The maximum Gasteiger partial charge on any atom is 0.140 e. The van der Waals surface area contributed by atoms with Crippen LogP contribution < -0.4 is 10.6 Å². The minimum atomic E-state index is -0.0292. The number of benzene rings is 1. The average Bonchev–Trinajstić information content (AvgIpc) is 2.83. The van der Waals surface area contributed by atoms with E-state index in [1.165, 1.54) is 0 Å². The molecule has 0 spiro atoms. The fourth-order valence-corrected chi connectivity index (χ4v) is 2.72. The van der Waals surface area contributed by atoms with Crippen molar-refractivity contribution in [1.29, 1.82) is 0 Å². The van der Waals surface area contributed by atoms with Crippen LogP contribution in [0.4, 0.5) is 5.69 Å². The van der Waals surface area contributed by atoms with Crippen LogP contribution in [-0.4, -0.2) is 35.8 Å². The van der Waals surface area contributed by atoms with Crippen molar-refractivity contribution in [3.63, 3.8) is 0 Å². The molecule has 1 aromatic rings. The maximum absolute atomic E-state index is 8.69. The Hall–Kier alpha value is -1.75. The van der Waals surface area contributed by atoms with Gasteiger partial charge in [0.25, 0.3) is 0 Å². The SMILES string of the molecule is CC1(C)CCC(CN(CC/C(N)=N/O)c2ccccc2)O1. The smallest absolute Gasteiger partial charge is 0.140 e. The first-order valence-electron chi connectivity index (χ1n) is 7.44. The van der Waals surface area contributed by atoms with E-state index in [0.29, 0.717) is 13.0 Å². The van der Waals surface area contributed by atoms with Gasteiger partial charge in [-0.2, -0.15) is 0 Å². The normalized spacial score (nSPS) is 21.4. The van der Waals surface area contributed by atoms with Crippen molar-refractivity contribution in [2.24, 2.45) is 10.9 Å². The molecule has 1 aliphatic rings. The van der Waals surface area contributed by atoms with Crippen molar-refractivity contribution in [3.05, 3.63) is 30.3 Å². The Morgan fingerprint density at radius 3 is 2.71 bits per heavy atom. The van der Waals surface area contributed by atoms with Gasteiger partial charge in [0.2, 0.25) is 0 Å². The number of hydrogen-bond acceptors (Lipinski definition) is 4. The minimum Gasteiger partial charge on any atom is -0.409 e. The quantitative estimate of drug-likeness (QED) is 0.366. The Balaban J connectivity index is 2.02. The van der Waals surface area contributed by atoms with Crippen molar-refractivity contribution >= 4 is 11.5 Å². The summed E-state index contributed by atoms with van der Waals surface area (Å²) in [7, 11) is 0. The molecule has 0 radical (unpaired) electrons. The molecule has 0 amide bonds. The summed E-state index contributed by atoms with van der Waals surface area (Å²) in [5.41, 5.74) is 6.70. The number of nitrogens with zero attached hydrogens (tertiary/aromatic N) is 2. The topological polar surface area (TPSA) is 71.1 Å². The van der Waals surface area contributed by atoms with Crippen LogP contribution in [0.15, 0.2) is 35.5 Å². The molecule has 116 valence electrons. The van der Waals surface area contributed by atoms with Gasteiger partial charge in [0, 0.05) is 25.2 Å². The summed E-state index contributed by atoms with van der Waals surface area (Å²) in [6, 6.07) is 10.2. The van der Waals surface area contributed by atoms with E-state index in [0.717, 1.165) is 25.1 Å². The van der Waals surface area contributed by atoms with Crippen molar-refractivity contribution in [3.8, 4) is 0 Å². The molecule has 21 heavy (non-hydrogen) atoms. The highest BCUT2D eigenvalue weighted by molar-refractivity contribution is 5.80. The lowest BCUT2D eigenvalue weighted by Gasteiger charge is -2.28. The minimum absolute atomic E-state index is 0.0292. The molecule has 1 aliphatic heterocycles. The van der Waals surface area contributed by atoms with E-state index < -0.39 is 0 Å². The first kappa shape index (κ1) is 15.6. The molecule has 3 N–H and O–H groups in total. The summed E-state index contributed by atoms with van der Waals surface area (Å²) in [6.07, 6.45) is 2.91. The van der Waals surface area contributed by atoms with Gasteiger partial charge in [-0.05, 0) is 38.8 Å². The van der Waals surface area contributed by atoms with Gasteiger partial charge in [0.1, 0.15) is 5.84 Å². The highest BCUT2D eigenvalue weighted by atomic mass is 16.5. The number of nitrogens with two attached hydrogens (primary N) is 1. The Kier molecular flexibility index (Phi) is 5.07. The predicted octanol–water partition coefficient (Wildman–Crippen LogP) is 2.59. The Bertz CT molecular complexity index is 474. The standard InChI is InChI=1S/C16H25N3O2/c1-16(2)10-8-14(21-16)12-19(11-9-15(17)18-20)13-6-4-3-5-7-13/h3-7,14,20H,8-12H2,1-2H3,(H2,17,18). The van der Waals surface area contributed by atoms with Crippen LogP contribution in [0.2, 0.25) is 0 Å². The second kappa shape index (κ2) is 6.80. The van der Waals surface area contributed by atoms with Gasteiger partial charge in [0.05, 0.1) is 11.7 Å². The molecule has 0 bridgehead atoms. The molecular formula is C16H25N3O2. The van der Waals surface area contributed by atoms with Crippen molar-refractivity contribution in [2.75, 3.05) is 18.0 Å². The van der Waals surface area contributed by atoms with Crippen molar-refractivity contribution in [2.45, 2.75) is 44.8 Å². The Morgan fingerprint density at radius 2 is 2.14 bits per heavy atom. The first-order chi connectivity index (χ1) is 10.00. The number of para-hydroxylation sites is 1. The van der Waals surface area contributed by atoms with Gasteiger partial charge < -0.3 is 20.6 Å². The second-order valence-electron chi connectivity index (χ2n) is 6.16. The van der Waals surface area contributed by atoms with E-state index in [1.807, 2.05) is 18.2 Å². The van der Waals surface area contributed by atoms with E-state index in [9.17, 15) is 0 Å². The molecule has 1 aromatic carbocycles. The third-order valence-electron chi connectivity index (χ3n) is 3.87. The van der Waals surface area contributed by atoms with Crippen LogP contribution in [0.3, 0.4) is 0 Å². The number of ether oxygens (including phenoxy) is 1. The van der Waals surface area contributed by atoms with E-state index >= 15 is 0 Å². The number of anilines is 1. The molecule has 1 heterocycles. The number of amidine groups is 1. The van der Waals surface area contributed by atoms with Crippen LogP contribution in [-0.2, 0) is 4.74 Å². The molecule has 1 unspecified atom stereocenters. The molecule has 1 fully saturated rings. The molecule has 0 aromatic heterocycles. The van der Waals surface area contributed by atoms with E-state index in [1.54, 1.807) is 0 Å². The van der Waals surface area contributed by atoms with Crippen LogP contribution in [0.5, 0.6) is 0 Å². The second-order valence-corrected chi connectivity index (χ2v) is 6.16. The van der Waals surface area contributed by atoms with Crippen LogP contribution in [0.25, 0.3) is 0 Å². The number of rotatable bonds is 6. The molecule has 0 saturated carbocycles. The van der Waals surface area contributed by atoms with Crippen LogP contribution >= 0.6 is 0 Å². The van der Waals surface area contributed by atoms with E-state index in [2.05, 4.69) is 36.0 Å². The van der Waals surface area contributed by atoms with Gasteiger partial charge in [-0.25, -0.2) is 0 Å². The average molecular weight is 291 g/mol. The van der Waals surface area contributed by atoms with E-state index in [-0.39, 0.29) is 17.5 Å². The Labute approximate surface area is 126 Å². The lowest BCUT2D eigenvalue weighted by atomic mass is 10.1. The number of hydrogen-bond donors (Lipinski definition) is 2. The lowest BCUT2D eigenvalue weighted by Crippen LogP contribution is -2.36. The predicted molar refractivity (Wildman–Crippen MR) is 84.9 cm³/mol. The molecular weight excluding hydrogens is 266 g/mol. The van der Waals surface area contributed by atoms with Crippen LogP contribution in [0, 0.1) is 0 Å². The fourth-order valence-electron chi connectivity index (χ4n) is 2.72. The third-order valence-corrected chi connectivity index (χ3v) is 3.87. The third kappa shape index (κ3) is 4.63. The van der Waals surface area contributed by atoms with Crippen molar-refractivity contribution in [1.82, 2.24) is 0 Å². The zero-order chi connectivity index (χ0) is 15.3. The van der Waals surface area contributed by atoms with Gasteiger partial charge in [-0.1, -0.05) is 23.4 Å². The zero-order valence-corrected chi connectivity index (χ0v) is 12.8. The zero-order valence-electron chi connectivity index (χ0n) is 12.8. The van der Waals surface area contributed by atoms with E-state index in [4.69, 9.17) is 15.7 Å². The summed E-state index contributed by atoms with van der Waals surface area (Å²) in [6.45, 7) is 5.80. The Morgan fingerprint density at radius 1 is 1.43 bits per heavy atom. The van der Waals surface area contributed by atoms with Gasteiger partial charge in [0.15, 0.2) is 0 Å². The van der Waals surface area contributed by atoms with Crippen molar-refractivity contribution < 1.29 is 9.94 Å². The lowest BCUT2D eigenvalue weighted by molar-refractivity contribution is -0.0115. The molecule has 2 rings (SSSR count). The molecule has 5 heteroatoms. The summed E-state index contributed by atoms with van der Waals surface area (Å²) in [5, 5.41) is 11.7. The van der Waals surface area contributed by atoms with Gasteiger partial charge in [-0.3, -0.25) is 0 Å². The molecule has 0 aliphatic carbocycles. The summed E-state index contributed by atoms with van der Waals surface area (Å²) in [4.78, 5) is 2.24. The van der Waals surface area contributed by atoms with Crippen LogP contribution in [0.1, 0.15) is 33.1 Å². The summed E-state index contributed by atoms with van der Waals surface area (Å²) < 4.78 is 6.08. The number of oxime groups is 1. The largest absolute Gasteiger partial charge is 0.409 e. The summed E-state index contributed by atoms with van der Waals surface area (Å²) in [5.74, 6) is 0.253. The highest BCUT2D eigenvalue weighted by Gasteiger charge is 2.32. The highest BCUT2D eigenvalue weighted by Crippen LogP contribution is 2.30. The van der Waals surface area contributed by atoms with Gasteiger partial charge >= 0.3 is 0 Å². The molecule has 1 saturated heterocycles. The van der Waals surface area contributed by atoms with Gasteiger partial charge in [-0.15, -0.1) is 0 Å². The molecule has 5 nitrogen and oxygen atoms in total.